The van der Waals surface area contributed by atoms with Crippen LogP contribution >= 0.6 is 51.2 Å². The van der Waals surface area contributed by atoms with Crippen LogP contribution in [-0.4, -0.2) is 44.1 Å². The first-order valence-corrected chi connectivity index (χ1v) is 14.8. The Labute approximate surface area is 225 Å². The van der Waals surface area contributed by atoms with Gasteiger partial charge in [-0.2, -0.15) is 0 Å². The second-order valence-corrected chi connectivity index (χ2v) is 14.4. The van der Waals surface area contributed by atoms with Gasteiger partial charge in [-0.05, 0) is 66.4 Å². The number of aliphatic carboxylic acids is 1. The van der Waals surface area contributed by atoms with E-state index in [1.54, 1.807) is 23.1 Å². The molecule has 6 nitrogen and oxygen atoms in total. The molecule has 2 amide bonds. The van der Waals surface area contributed by atoms with E-state index in [1.807, 2.05) is 26.0 Å². The molecule has 184 valence electrons. The molecule has 6 rings (SSSR count). The molecule has 2 aliphatic heterocycles. The molecule has 2 aliphatic carbocycles. The molecule has 1 aromatic carbocycles. The van der Waals surface area contributed by atoms with Crippen LogP contribution in [0.1, 0.15) is 43.0 Å². The number of nitrogens with one attached hydrogen (secondary N) is 1. The fourth-order valence-electron chi connectivity index (χ4n) is 7.15. The lowest BCUT2D eigenvalue weighted by Crippen LogP contribution is -2.47. The first-order valence-electron chi connectivity index (χ1n) is 11.9. The summed E-state index contributed by atoms with van der Waals surface area (Å²) in [5.41, 5.74) is 1.19. The number of aromatic amines is 1. The van der Waals surface area contributed by atoms with Crippen LogP contribution in [0.2, 0.25) is 0 Å². The van der Waals surface area contributed by atoms with Gasteiger partial charge in [0, 0.05) is 20.5 Å². The van der Waals surface area contributed by atoms with Crippen molar-refractivity contribution in [2.75, 3.05) is 0 Å². The van der Waals surface area contributed by atoms with Gasteiger partial charge in [0.05, 0.1) is 16.9 Å². The quantitative estimate of drug-likeness (QED) is 0.350. The summed E-state index contributed by atoms with van der Waals surface area (Å²) >= 11 is 12.4. The minimum Gasteiger partial charge on any atom is -0.480 e. The second-order valence-electron chi connectivity index (χ2n) is 10.5. The third-order valence-corrected chi connectivity index (χ3v) is 11.7. The predicted octanol–water partition coefficient (Wildman–Crippen LogP) is 5.54. The highest BCUT2D eigenvalue weighted by molar-refractivity contribution is 9.10. The van der Waals surface area contributed by atoms with Gasteiger partial charge >= 0.3 is 5.97 Å². The normalized spacial score (nSPS) is 33.7. The topological polar surface area (TPSA) is 90.5 Å². The Hall–Kier alpha value is -1.49. The Bertz CT molecular complexity index is 1290. The van der Waals surface area contributed by atoms with E-state index in [1.165, 1.54) is 10.4 Å². The van der Waals surface area contributed by atoms with Gasteiger partial charge in [0.1, 0.15) is 6.04 Å². The summed E-state index contributed by atoms with van der Waals surface area (Å²) in [6.07, 6.45) is 1.12. The van der Waals surface area contributed by atoms with Crippen molar-refractivity contribution in [2.24, 2.45) is 35.5 Å². The third kappa shape index (κ3) is 3.54. The summed E-state index contributed by atoms with van der Waals surface area (Å²) in [7, 11) is 0. The number of aromatic nitrogens is 1. The summed E-state index contributed by atoms with van der Waals surface area (Å²) in [5.74, 6) is -2.01. The van der Waals surface area contributed by atoms with Gasteiger partial charge in [0.15, 0.2) is 3.95 Å². The first-order chi connectivity index (χ1) is 16.7. The Balaban J connectivity index is 1.42. The van der Waals surface area contributed by atoms with Gasteiger partial charge in [-0.15, -0.1) is 23.1 Å². The maximum atomic E-state index is 13.7. The van der Waals surface area contributed by atoms with Crippen LogP contribution in [0.5, 0.6) is 0 Å². The van der Waals surface area contributed by atoms with E-state index in [-0.39, 0.29) is 53.1 Å². The molecular formula is C25H25BrN2O4S3. The number of carbonyl (C=O) groups is 3. The standard InChI is InChI=1S/C25H25BrN2O4S3/c1-9(2)7-14(24(31)32)28-22(29)17-12-8-13(18(17)23(28)30)19-16(12)15(10-3-5-11(26)6-4-10)20-21(34-19)27-25(33)35-20/h3-6,9,12-19H,7-8H2,1-2H3,(H,27,33)(H,31,32). The molecule has 2 bridgehead atoms. The number of thiazole rings is 1. The number of imide groups is 1. The van der Waals surface area contributed by atoms with E-state index >= 15 is 0 Å². The highest BCUT2D eigenvalue weighted by Crippen LogP contribution is 2.69. The van der Waals surface area contributed by atoms with Gasteiger partial charge in [0.2, 0.25) is 11.8 Å². The molecule has 2 saturated carbocycles. The van der Waals surface area contributed by atoms with Crippen molar-refractivity contribution >= 4 is 69.0 Å². The lowest BCUT2D eigenvalue weighted by atomic mass is 9.68. The summed E-state index contributed by atoms with van der Waals surface area (Å²) in [4.78, 5) is 45.2. The summed E-state index contributed by atoms with van der Waals surface area (Å²) in [6, 6.07) is 7.27. The molecule has 3 heterocycles. The van der Waals surface area contributed by atoms with E-state index < -0.39 is 23.8 Å². The van der Waals surface area contributed by atoms with Gasteiger partial charge < -0.3 is 10.1 Å². The van der Waals surface area contributed by atoms with Crippen molar-refractivity contribution in [1.82, 2.24) is 9.88 Å². The number of hydrogen-bond donors (Lipinski definition) is 2. The molecule has 2 aromatic rings. The van der Waals surface area contributed by atoms with Crippen LogP contribution in [0.4, 0.5) is 0 Å². The van der Waals surface area contributed by atoms with Gasteiger partial charge in [0.25, 0.3) is 0 Å². The minimum atomic E-state index is -1.10. The SMILES string of the molecule is CC(C)CC(C(=O)O)N1C(=O)C2C3CC(C2C1=O)C1C(c2ccc(Br)cc2)c2sc(=S)[nH]c2SC31. The van der Waals surface area contributed by atoms with Crippen molar-refractivity contribution in [3.8, 4) is 0 Å². The number of halogens is 1. The smallest absolute Gasteiger partial charge is 0.326 e. The molecule has 35 heavy (non-hydrogen) atoms. The summed E-state index contributed by atoms with van der Waals surface area (Å²) in [5, 5.41) is 11.2. The van der Waals surface area contributed by atoms with Crippen LogP contribution in [-0.2, 0) is 14.4 Å². The Morgan fingerprint density at radius 1 is 1.20 bits per heavy atom. The molecule has 1 aromatic heterocycles. The van der Waals surface area contributed by atoms with Crippen molar-refractivity contribution in [3.63, 3.8) is 0 Å². The molecule has 0 spiro atoms. The Kier molecular flexibility index (Phi) is 5.82. The van der Waals surface area contributed by atoms with Crippen LogP contribution in [0.3, 0.4) is 0 Å². The first kappa shape index (κ1) is 23.9. The zero-order valence-corrected chi connectivity index (χ0v) is 23.2. The van der Waals surface area contributed by atoms with E-state index in [4.69, 9.17) is 12.2 Å². The molecule has 4 aliphatic rings. The van der Waals surface area contributed by atoms with Crippen molar-refractivity contribution in [2.45, 2.75) is 48.9 Å². The number of H-pyrrole nitrogens is 1. The number of amides is 2. The fourth-order valence-corrected chi connectivity index (χ4v) is 10.8. The van der Waals surface area contributed by atoms with Crippen LogP contribution < -0.4 is 0 Å². The van der Waals surface area contributed by atoms with Crippen molar-refractivity contribution in [3.05, 3.63) is 43.1 Å². The number of carboxylic acids is 1. The minimum absolute atomic E-state index is 0.0508. The van der Waals surface area contributed by atoms with Gasteiger partial charge in [-0.1, -0.05) is 41.9 Å². The molecule has 0 radical (unpaired) electrons. The summed E-state index contributed by atoms with van der Waals surface area (Å²) < 4.78 is 1.75. The number of rotatable bonds is 5. The fraction of sp³-hybridized carbons (Fsp3) is 0.520. The van der Waals surface area contributed by atoms with Crippen LogP contribution in [0.25, 0.3) is 0 Å². The van der Waals surface area contributed by atoms with Crippen molar-refractivity contribution < 1.29 is 19.5 Å². The highest BCUT2D eigenvalue weighted by Gasteiger charge is 2.70. The second kappa shape index (κ2) is 8.53. The van der Waals surface area contributed by atoms with E-state index in [0.717, 1.165) is 24.8 Å². The number of carbonyl (C=O) groups excluding carboxylic acids is 2. The molecule has 1 saturated heterocycles. The van der Waals surface area contributed by atoms with Crippen molar-refractivity contribution in [1.29, 1.82) is 0 Å². The largest absolute Gasteiger partial charge is 0.480 e. The van der Waals surface area contributed by atoms with Gasteiger partial charge in [-0.3, -0.25) is 14.5 Å². The zero-order valence-electron chi connectivity index (χ0n) is 19.1. The number of nitrogens with zero attached hydrogens (tertiary/aromatic N) is 1. The molecular weight excluding hydrogens is 568 g/mol. The van der Waals surface area contributed by atoms with E-state index in [9.17, 15) is 19.5 Å². The molecule has 3 fully saturated rings. The lowest BCUT2D eigenvalue weighted by molar-refractivity contribution is -0.156. The van der Waals surface area contributed by atoms with E-state index in [2.05, 4.69) is 33.0 Å². The number of benzene rings is 1. The van der Waals surface area contributed by atoms with E-state index in [0.29, 0.717) is 0 Å². The average Bonchev–Trinajstić information content (AvgIpc) is 3.52. The zero-order chi connectivity index (χ0) is 24.8. The third-order valence-electron chi connectivity index (χ3n) is 8.28. The molecule has 2 N–H and O–H groups in total. The molecule has 10 heteroatoms. The monoisotopic (exact) mass is 592 g/mol. The maximum absolute atomic E-state index is 13.7. The maximum Gasteiger partial charge on any atom is 0.326 e. The van der Waals surface area contributed by atoms with Crippen LogP contribution in [0.15, 0.2) is 33.8 Å². The molecule has 8 atom stereocenters. The number of carboxylic acid groups (broad SMARTS) is 1. The average molecular weight is 594 g/mol. The predicted molar refractivity (Wildman–Crippen MR) is 140 cm³/mol. The summed E-state index contributed by atoms with van der Waals surface area (Å²) in [6.45, 7) is 3.84. The highest BCUT2D eigenvalue weighted by atomic mass is 79.9. The Morgan fingerprint density at radius 2 is 1.86 bits per heavy atom. The number of hydrogen-bond acceptors (Lipinski definition) is 6. The number of fused-ring (bicyclic) bond motifs is 9. The number of thioether (sulfide) groups is 1. The van der Waals surface area contributed by atoms with Gasteiger partial charge in [-0.25, -0.2) is 4.79 Å². The molecule has 8 unspecified atom stereocenters. The lowest BCUT2D eigenvalue weighted by Gasteiger charge is -2.43. The van der Waals surface area contributed by atoms with Crippen LogP contribution in [0, 0.1) is 39.5 Å². The Morgan fingerprint density at radius 3 is 2.49 bits per heavy atom. The number of likely N-dealkylation sites (tertiary alicyclic amines) is 1.